The van der Waals surface area contributed by atoms with Crippen molar-refractivity contribution in [2.24, 2.45) is 5.73 Å². The van der Waals surface area contributed by atoms with Gasteiger partial charge in [0, 0.05) is 31.7 Å². The van der Waals surface area contributed by atoms with Gasteiger partial charge in [0.2, 0.25) is 0 Å². The summed E-state index contributed by atoms with van der Waals surface area (Å²) in [6.45, 7) is 1.90. The molecule has 3 fully saturated rings. The van der Waals surface area contributed by atoms with Crippen molar-refractivity contribution in [3.63, 3.8) is 0 Å². The monoisotopic (exact) mass is 265 g/mol. The van der Waals surface area contributed by atoms with Crippen molar-refractivity contribution in [2.45, 2.75) is 75.5 Å². The number of ether oxygens (including phenoxy) is 1. The van der Waals surface area contributed by atoms with Crippen molar-refractivity contribution in [1.29, 1.82) is 5.41 Å². The standard InChI is InChI=1S/C15H27N3O/c16-14(17)5-9-18(12-3-4-12)13-6-10-19-15(11-13)7-1-2-8-15/h12-13H,1-11H2,(H3,16,17). The number of hydrogen-bond donors (Lipinski definition) is 2. The molecule has 108 valence electrons. The van der Waals surface area contributed by atoms with Gasteiger partial charge in [0.25, 0.3) is 0 Å². The Morgan fingerprint density at radius 3 is 2.58 bits per heavy atom. The summed E-state index contributed by atoms with van der Waals surface area (Å²) < 4.78 is 6.14. The van der Waals surface area contributed by atoms with E-state index in [1.165, 1.54) is 44.9 Å². The third kappa shape index (κ3) is 3.11. The van der Waals surface area contributed by atoms with Crippen molar-refractivity contribution in [3.8, 4) is 0 Å². The summed E-state index contributed by atoms with van der Waals surface area (Å²) in [4.78, 5) is 2.64. The fraction of sp³-hybridized carbons (Fsp3) is 0.933. The number of amidine groups is 1. The van der Waals surface area contributed by atoms with Crippen LogP contribution in [0.25, 0.3) is 0 Å². The van der Waals surface area contributed by atoms with Gasteiger partial charge in [0.15, 0.2) is 0 Å². The van der Waals surface area contributed by atoms with E-state index in [9.17, 15) is 0 Å². The highest BCUT2D eigenvalue weighted by Crippen LogP contribution is 2.43. The minimum absolute atomic E-state index is 0.201. The zero-order valence-electron chi connectivity index (χ0n) is 11.9. The lowest BCUT2D eigenvalue weighted by atomic mass is 9.88. The molecule has 0 aromatic heterocycles. The van der Waals surface area contributed by atoms with Crippen LogP contribution < -0.4 is 5.73 Å². The second kappa shape index (κ2) is 5.41. The molecule has 1 atom stereocenters. The molecule has 1 heterocycles. The number of hydrogen-bond acceptors (Lipinski definition) is 3. The van der Waals surface area contributed by atoms with Crippen LogP contribution in [0.4, 0.5) is 0 Å². The van der Waals surface area contributed by atoms with Gasteiger partial charge >= 0.3 is 0 Å². The molecule has 2 saturated carbocycles. The minimum atomic E-state index is 0.201. The zero-order chi connectivity index (χ0) is 13.3. The molecule has 1 saturated heterocycles. The average molecular weight is 265 g/mol. The highest BCUT2D eigenvalue weighted by atomic mass is 16.5. The third-order valence-electron chi connectivity index (χ3n) is 5.11. The first-order chi connectivity index (χ1) is 9.19. The normalized spacial score (nSPS) is 30.1. The minimum Gasteiger partial charge on any atom is -0.388 e. The highest BCUT2D eigenvalue weighted by molar-refractivity contribution is 5.76. The van der Waals surface area contributed by atoms with Crippen molar-refractivity contribution < 1.29 is 4.74 Å². The van der Waals surface area contributed by atoms with Gasteiger partial charge in [0.05, 0.1) is 11.4 Å². The summed E-state index contributed by atoms with van der Waals surface area (Å²) >= 11 is 0. The maximum Gasteiger partial charge on any atom is 0.0918 e. The van der Waals surface area contributed by atoms with Crippen LogP contribution in [0.5, 0.6) is 0 Å². The Morgan fingerprint density at radius 2 is 1.95 bits per heavy atom. The Hall–Kier alpha value is -0.610. The first-order valence-electron chi connectivity index (χ1n) is 7.91. The van der Waals surface area contributed by atoms with E-state index in [2.05, 4.69) is 4.90 Å². The Balaban J connectivity index is 1.62. The molecule has 0 radical (unpaired) electrons. The molecule has 4 nitrogen and oxygen atoms in total. The summed E-state index contributed by atoms with van der Waals surface area (Å²) in [6, 6.07) is 1.43. The van der Waals surface area contributed by atoms with E-state index in [1.807, 2.05) is 0 Å². The van der Waals surface area contributed by atoms with E-state index in [0.717, 1.165) is 32.0 Å². The first kappa shape index (κ1) is 13.4. The highest BCUT2D eigenvalue weighted by Gasteiger charge is 2.44. The first-order valence-corrected chi connectivity index (χ1v) is 7.91. The van der Waals surface area contributed by atoms with Gasteiger partial charge in [-0.15, -0.1) is 0 Å². The molecule has 0 aromatic carbocycles. The van der Waals surface area contributed by atoms with Crippen LogP contribution in [0.2, 0.25) is 0 Å². The van der Waals surface area contributed by atoms with Crippen LogP contribution in [-0.2, 0) is 4.74 Å². The van der Waals surface area contributed by atoms with Gasteiger partial charge in [-0.25, -0.2) is 0 Å². The molecule has 0 aromatic rings. The largest absolute Gasteiger partial charge is 0.388 e. The molecule has 0 amide bonds. The molecule has 0 bridgehead atoms. The van der Waals surface area contributed by atoms with Crippen molar-refractivity contribution >= 4 is 5.84 Å². The van der Waals surface area contributed by atoms with Gasteiger partial charge in [-0.3, -0.25) is 10.3 Å². The van der Waals surface area contributed by atoms with Gasteiger partial charge < -0.3 is 10.5 Å². The maximum atomic E-state index is 7.45. The second-order valence-corrected chi connectivity index (χ2v) is 6.63. The Kier molecular flexibility index (Phi) is 3.81. The van der Waals surface area contributed by atoms with Gasteiger partial charge in [0.1, 0.15) is 0 Å². The molecular formula is C15H27N3O. The fourth-order valence-electron chi connectivity index (χ4n) is 3.97. The molecule has 1 aliphatic heterocycles. The molecule has 19 heavy (non-hydrogen) atoms. The van der Waals surface area contributed by atoms with E-state index in [0.29, 0.717) is 11.9 Å². The molecule has 2 aliphatic carbocycles. The fourth-order valence-corrected chi connectivity index (χ4v) is 3.97. The second-order valence-electron chi connectivity index (χ2n) is 6.63. The van der Waals surface area contributed by atoms with Crippen LogP contribution in [0.1, 0.15) is 57.8 Å². The molecular weight excluding hydrogens is 238 g/mol. The smallest absolute Gasteiger partial charge is 0.0918 e. The van der Waals surface area contributed by atoms with Crippen molar-refractivity contribution in [3.05, 3.63) is 0 Å². The summed E-state index contributed by atoms with van der Waals surface area (Å²) in [5, 5.41) is 7.45. The van der Waals surface area contributed by atoms with E-state index < -0.39 is 0 Å². The maximum absolute atomic E-state index is 7.45. The number of nitrogens with two attached hydrogens (primary N) is 1. The van der Waals surface area contributed by atoms with Crippen LogP contribution in [0.15, 0.2) is 0 Å². The molecule has 4 heteroatoms. The lowest BCUT2D eigenvalue weighted by molar-refractivity contribution is -0.102. The molecule has 3 N–H and O–H groups in total. The Bertz CT molecular complexity index is 334. The van der Waals surface area contributed by atoms with E-state index >= 15 is 0 Å². The number of rotatable bonds is 5. The van der Waals surface area contributed by atoms with Gasteiger partial charge in [-0.2, -0.15) is 0 Å². The van der Waals surface area contributed by atoms with Gasteiger partial charge in [-0.1, -0.05) is 12.8 Å². The topological polar surface area (TPSA) is 62.3 Å². The Morgan fingerprint density at radius 1 is 1.21 bits per heavy atom. The van der Waals surface area contributed by atoms with Crippen molar-refractivity contribution in [1.82, 2.24) is 4.90 Å². The number of nitrogens with zero attached hydrogens (tertiary/aromatic N) is 1. The number of nitrogens with one attached hydrogen (secondary N) is 1. The lowest BCUT2D eigenvalue weighted by Crippen LogP contribution is -2.49. The van der Waals surface area contributed by atoms with Crippen LogP contribution in [0.3, 0.4) is 0 Å². The van der Waals surface area contributed by atoms with E-state index in [4.69, 9.17) is 15.9 Å². The summed E-state index contributed by atoms with van der Waals surface area (Å²) in [5.41, 5.74) is 5.74. The molecule has 1 spiro atoms. The van der Waals surface area contributed by atoms with Gasteiger partial charge in [-0.05, 0) is 38.5 Å². The van der Waals surface area contributed by atoms with Crippen molar-refractivity contribution in [2.75, 3.05) is 13.2 Å². The Labute approximate surface area is 116 Å². The lowest BCUT2D eigenvalue weighted by Gasteiger charge is -2.43. The predicted octanol–water partition coefficient (Wildman–Crippen LogP) is 2.27. The summed E-state index contributed by atoms with van der Waals surface area (Å²) in [6.07, 6.45) is 11.0. The molecule has 1 unspecified atom stereocenters. The van der Waals surface area contributed by atoms with Crippen LogP contribution in [-0.4, -0.2) is 41.6 Å². The van der Waals surface area contributed by atoms with E-state index in [-0.39, 0.29) is 5.60 Å². The zero-order valence-corrected chi connectivity index (χ0v) is 11.9. The summed E-state index contributed by atoms with van der Waals surface area (Å²) in [5.74, 6) is 0.327. The summed E-state index contributed by atoms with van der Waals surface area (Å²) in [7, 11) is 0. The molecule has 3 aliphatic rings. The SMILES string of the molecule is N=C(N)CCN(C1CC1)C1CCOC2(CCCC2)C1. The molecule has 3 rings (SSSR count). The van der Waals surface area contributed by atoms with Crippen LogP contribution >= 0.6 is 0 Å². The predicted molar refractivity (Wildman–Crippen MR) is 76.4 cm³/mol. The third-order valence-corrected chi connectivity index (χ3v) is 5.11. The quantitative estimate of drug-likeness (QED) is 0.592. The van der Waals surface area contributed by atoms with Crippen LogP contribution in [0, 0.1) is 5.41 Å². The average Bonchev–Trinajstić information content (AvgIpc) is 3.12. The van der Waals surface area contributed by atoms with E-state index in [1.54, 1.807) is 0 Å².